The topological polar surface area (TPSA) is 101 Å². The number of aromatic carboxylic acids is 1. The number of ether oxygens (including phenoxy) is 1. The van der Waals surface area contributed by atoms with E-state index in [1.54, 1.807) is 37.3 Å². The largest absolute Gasteiger partial charge is 0.478 e. The zero-order valence-corrected chi connectivity index (χ0v) is 15.8. The molecule has 0 saturated carbocycles. The molecular formula is C20H17NO6S. The summed E-state index contributed by atoms with van der Waals surface area (Å²) in [4.78, 5) is 50.4. The molecule has 1 atom stereocenters. The highest BCUT2D eigenvalue weighted by atomic mass is 32.2. The number of rotatable bonds is 6. The third-order valence-corrected chi connectivity index (χ3v) is 5.39. The average molecular weight is 399 g/mol. The van der Waals surface area contributed by atoms with Crippen LogP contribution in [0.15, 0.2) is 53.4 Å². The number of para-hydroxylation sites is 1. The van der Waals surface area contributed by atoms with Gasteiger partial charge in [0, 0.05) is 11.3 Å². The Morgan fingerprint density at radius 2 is 1.75 bits per heavy atom. The Bertz CT molecular complexity index is 957. The summed E-state index contributed by atoms with van der Waals surface area (Å²) in [5.41, 5.74) is 0.367. The number of thioether (sulfide) groups is 1. The Morgan fingerprint density at radius 3 is 2.43 bits per heavy atom. The second-order valence-electron chi connectivity index (χ2n) is 5.92. The number of benzene rings is 2. The molecule has 0 radical (unpaired) electrons. The van der Waals surface area contributed by atoms with Crippen molar-refractivity contribution < 1.29 is 29.0 Å². The molecule has 0 aromatic heterocycles. The van der Waals surface area contributed by atoms with Gasteiger partial charge in [0.2, 0.25) is 11.8 Å². The van der Waals surface area contributed by atoms with E-state index in [4.69, 9.17) is 4.74 Å². The van der Waals surface area contributed by atoms with Crippen LogP contribution in [0.2, 0.25) is 0 Å². The fourth-order valence-corrected chi connectivity index (χ4v) is 4.08. The molecule has 1 aliphatic heterocycles. The molecule has 1 fully saturated rings. The second-order valence-corrected chi connectivity index (χ2v) is 7.16. The van der Waals surface area contributed by atoms with Gasteiger partial charge < -0.3 is 9.84 Å². The van der Waals surface area contributed by atoms with E-state index in [0.717, 1.165) is 16.7 Å². The molecule has 0 bridgehead atoms. The van der Waals surface area contributed by atoms with Crippen LogP contribution < -0.4 is 4.90 Å². The lowest BCUT2D eigenvalue weighted by Crippen LogP contribution is -2.32. The highest BCUT2D eigenvalue weighted by molar-refractivity contribution is 8.00. The highest BCUT2D eigenvalue weighted by Crippen LogP contribution is 2.36. The summed E-state index contributed by atoms with van der Waals surface area (Å²) in [7, 11) is 0. The van der Waals surface area contributed by atoms with Gasteiger partial charge in [-0.05, 0) is 31.2 Å². The highest BCUT2D eigenvalue weighted by Gasteiger charge is 2.42. The van der Waals surface area contributed by atoms with Gasteiger partial charge in [-0.2, -0.15) is 0 Å². The van der Waals surface area contributed by atoms with Crippen molar-refractivity contribution >= 4 is 41.2 Å². The maximum absolute atomic E-state index is 12.9. The van der Waals surface area contributed by atoms with Crippen LogP contribution in [0, 0.1) is 0 Å². The van der Waals surface area contributed by atoms with E-state index in [1.807, 2.05) is 0 Å². The first kappa shape index (κ1) is 19.6. The van der Waals surface area contributed by atoms with Crippen LogP contribution in [-0.2, 0) is 14.3 Å². The van der Waals surface area contributed by atoms with Crippen LogP contribution in [-0.4, -0.2) is 40.7 Å². The van der Waals surface area contributed by atoms with Crippen LogP contribution in [0.3, 0.4) is 0 Å². The minimum Gasteiger partial charge on any atom is -0.478 e. The molecule has 28 heavy (non-hydrogen) atoms. The van der Waals surface area contributed by atoms with Crippen LogP contribution in [0.4, 0.5) is 5.69 Å². The molecule has 2 amide bonds. The van der Waals surface area contributed by atoms with Gasteiger partial charge in [0.05, 0.1) is 28.7 Å². The first-order valence-corrected chi connectivity index (χ1v) is 9.44. The van der Waals surface area contributed by atoms with E-state index < -0.39 is 29.0 Å². The Hall–Kier alpha value is -3.13. The minimum absolute atomic E-state index is 0.0677. The molecular weight excluding hydrogens is 382 g/mol. The number of carbonyl (C=O) groups is 4. The summed E-state index contributed by atoms with van der Waals surface area (Å²) < 4.78 is 5.00. The Labute approximate surface area is 165 Å². The normalized spacial score (nSPS) is 16.3. The quantitative estimate of drug-likeness (QED) is 0.589. The van der Waals surface area contributed by atoms with Crippen LogP contribution in [0.25, 0.3) is 0 Å². The van der Waals surface area contributed by atoms with Gasteiger partial charge in [-0.1, -0.05) is 24.3 Å². The molecule has 2 aromatic rings. The van der Waals surface area contributed by atoms with E-state index in [2.05, 4.69) is 0 Å². The Kier molecular flexibility index (Phi) is 5.79. The van der Waals surface area contributed by atoms with Gasteiger partial charge in [0.15, 0.2) is 0 Å². The Morgan fingerprint density at radius 1 is 1.11 bits per heavy atom. The van der Waals surface area contributed by atoms with Crippen molar-refractivity contribution in [2.75, 3.05) is 11.5 Å². The third-order valence-electron chi connectivity index (χ3n) is 4.13. The van der Waals surface area contributed by atoms with E-state index >= 15 is 0 Å². The Balaban J connectivity index is 1.90. The molecule has 7 nitrogen and oxygen atoms in total. The molecule has 1 saturated heterocycles. The smallest absolute Gasteiger partial charge is 0.340 e. The monoisotopic (exact) mass is 399 g/mol. The number of imide groups is 1. The summed E-state index contributed by atoms with van der Waals surface area (Å²) in [5.74, 6) is -2.67. The van der Waals surface area contributed by atoms with Gasteiger partial charge in [0.1, 0.15) is 0 Å². The molecule has 144 valence electrons. The summed E-state index contributed by atoms with van der Waals surface area (Å²) >= 11 is 1.03. The molecule has 1 aliphatic rings. The number of hydrogen-bond acceptors (Lipinski definition) is 6. The lowest BCUT2D eigenvalue weighted by Gasteiger charge is -2.18. The summed E-state index contributed by atoms with van der Waals surface area (Å²) in [6, 6.07) is 12.6. The first-order chi connectivity index (χ1) is 13.4. The second kappa shape index (κ2) is 8.26. The number of amides is 2. The van der Waals surface area contributed by atoms with Gasteiger partial charge >= 0.3 is 11.9 Å². The molecule has 2 aromatic carbocycles. The van der Waals surface area contributed by atoms with Gasteiger partial charge in [0.25, 0.3) is 0 Å². The SMILES string of the molecule is CCOC(=O)c1ccccc1N1C(=O)C[C@@H](Sc2ccccc2C(=O)O)C1=O. The summed E-state index contributed by atoms with van der Waals surface area (Å²) in [6.45, 7) is 1.83. The van der Waals surface area contributed by atoms with E-state index in [0.29, 0.717) is 4.90 Å². The average Bonchev–Trinajstić information content (AvgIpc) is 2.95. The maximum Gasteiger partial charge on any atom is 0.340 e. The minimum atomic E-state index is -1.11. The molecule has 0 spiro atoms. The van der Waals surface area contributed by atoms with E-state index in [1.165, 1.54) is 18.2 Å². The number of hydrogen-bond donors (Lipinski definition) is 1. The molecule has 1 heterocycles. The molecule has 0 unspecified atom stereocenters. The number of nitrogens with zero attached hydrogens (tertiary/aromatic N) is 1. The number of carboxylic acid groups (broad SMARTS) is 1. The molecule has 8 heteroatoms. The van der Waals surface area contributed by atoms with Gasteiger partial charge in [-0.15, -0.1) is 11.8 Å². The van der Waals surface area contributed by atoms with Crippen molar-refractivity contribution in [2.45, 2.75) is 23.5 Å². The number of esters is 1. The predicted octanol–water partition coefficient (Wildman–Crippen LogP) is 2.99. The lowest BCUT2D eigenvalue weighted by atomic mass is 10.1. The van der Waals surface area contributed by atoms with Crippen molar-refractivity contribution in [3.8, 4) is 0 Å². The standard InChI is InChI=1S/C20H17NO6S/c1-2-27-20(26)12-7-3-5-9-14(12)21-17(22)11-16(18(21)23)28-15-10-6-4-8-13(15)19(24)25/h3-10,16H,2,11H2,1H3,(H,24,25)/t16-/m1/s1. The van der Waals surface area contributed by atoms with Crippen LogP contribution >= 0.6 is 11.8 Å². The molecule has 3 rings (SSSR count). The van der Waals surface area contributed by atoms with Crippen molar-refractivity contribution in [3.05, 3.63) is 59.7 Å². The summed E-state index contributed by atoms with van der Waals surface area (Å²) in [6.07, 6.45) is -0.0887. The number of anilines is 1. The fourth-order valence-electron chi connectivity index (χ4n) is 2.90. The van der Waals surface area contributed by atoms with Gasteiger partial charge in [-0.3, -0.25) is 9.59 Å². The van der Waals surface area contributed by atoms with Crippen molar-refractivity contribution in [1.29, 1.82) is 0 Å². The van der Waals surface area contributed by atoms with Crippen molar-refractivity contribution in [1.82, 2.24) is 0 Å². The lowest BCUT2D eigenvalue weighted by molar-refractivity contribution is -0.121. The van der Waals surface area contributed by atoms with E-state index in [9.17, 15) is 24.3 Å². The van der Waals surface area contributed by atoms with Crippen LogP contribution in [0.1, 0.15) is 34.1 Å². The molecule has 1 N–H and O–H groups in total. The van der Waals surface area contributed by atoms with Crippen LogP contribution in [0.5, 0.6) is 0 Å². The van der Waals surface area contributed by atoms with E-state index in [-0.39, 0.29) is 29.8 Å². The summed E-state index contributed by atoms with van der Waals surface area (Å²) in [5, 5.41) is 8.53. The molecule has 0 aliphatic carbocycles. The zero-order chi connectivity index (χ0) is 20.3. The third kappa shape index (κ3) is 3.77. The maximum atomic E-state index is 12.9. The van der Waals surface area contributed by atoms with Gasteiger partial charge in [-0.25, -0.2) is 14.5 Å². The zero-order valence-electron chi connectivity index (χ0n) is 15.0. The fraction of sp³-hybridized carbons (Fsp3) is 0.200. The van der Waals surface area contributed by atoms with Crippen molar-refractivity contribution in [3.63, 3.8) is 0 Å². The predicted molar refractivity (Wildman–Crippen MR) is 103 cm³/mol. The number of carbonyl (C=O) groups excluding carboxylic acids is 3. The number of carboxylic acids is 1. The first-order valence-electron chi connectivity index (χ1n) is 8.56. The van der Waals surface area contributed by atoms with Crippen molar-refractivity contribution in [2.24, 2.45) is 0 Å².